The molecule has 5 rings (SSSR count). The first-order chi connectivity index (χ1) is 14.7. The van der Waals surface area contributed by atoms with Crippen molar-refractivity contribution in [3.05, 3.63) is 71.8 Å². The Labute approximate surface area is 177 Å². The normalized spacial score (nSPS) is 19.9. The summed E-state index contributed by atoms with van der Waals surface area (Å²) in [4.78, 5) is 5.19. The molecule has 30 heavy (non-hydrogen) atoms. The van der Waals surface area contributed by atoms with Crippen molar-refractivity contribution in [2.75, 3.05) is 24.5 Å². The number of hydrogen-bond donors (Lipinski definition) is 0. The Hall–Kier alpha value is -2.73. The average Bonchev–Trinajstić information content (AvgIpc) is 3.41. The van der Waals surface area contributed by atoms with Gasteiger partial charge in [-0.3, -0.25) is 0 Å². The number of hydrogen-bond acceptors (Lipinski definition) is 4. The van der Waals surface area contributed by atoms with Gasteiger partial charge in [0.25, 0.3) is 0 Å². The molecule has 2 aliphatic rings. The molecule has 3 heterocycles. The van der Waals surface area contributed by atoms with Crippen LogP contribution in [-0.4, -0.2) is 51.6 Å². The minimum absolute atomic E-state index is 0.161. The van der Waals surface area contributed by atoms with Crippen LogP contribution in [-0.2, 0) is 12.8 Å². The number of fused-ring (bicyclic) bond motifs is 1. The summed E-state index contributed by atoms with van der Waals surface area (Å²) >= 11 is 0. The van der Waals surface area contributed by atoms with Crippen LogP contribution in [0.25, 0.3) is 5.69 Å². The Balaban J connectivity index is 1.23. The third kappa shape index (κ3) is 3.84. The maximum absolute atomic E-state index is 13.1. The van der Waals surface area contributed by atoms with Gasteiger partial charge in [0.2, 0.25) is 0 Å². The van der Waals surface area contributed by atoms with Crippen LogP contribution in [0.3, 0.4) is 0 Å². The SMILES string of the molecule is CC1Cc2ccc(-n3ccnn3)cc2N1C1CCN(CCc2ccc(F)cc2)CC1. The second kappa shape index (κ2) is 8.19. The summed E-state index contributed by atoms with van der Waals surface area (Å²) in [5.41, 5.74) is 5.08. The minimum Gasteiger partial charge on any atom is -0.365 e. The molecule has 1 aromatic heterocycles. The monoisotopic (exact) mass is 405 g/mol. The third-order valence-corrected chi connectivity index (χ3v) is 6.60. The molecule has 0 N–H and O–H groups in total. The van der Waals surface area contributed by atoms with E-state index in [1.807, 2.05) is 23.0 Å². The molecule has 0 aliphatic carbocycles. The third-order valence-electron chi connectivity index (χ3n) is 6.60. The minimum atomic E-state index is -0.161. The van der Waals surface area contributed by atoms with Gasteiger partial charge < -0.3 is 9.80 Å². The van der Waals surface area contributed by atoms with Gasteiger partial charge in [0, 0.05) is 37.4 Å². The number of anilines is 1. The van der Waals surface area contributed by atoms with Gasteiger partial charge >= 0.3 is 0 Å². The first-order valence-electron chi connectivity index (χ1n) is 10.9. The summed E-state index contributed by atoms with van der Waals surface area (Å²) in [6.07, 6.45) is 8.06. The first-order valence-corrected chi connectivity index (χ1v) is 10.9. The van der Waals surface area contributed by atoms with Crippen LogP contribution in [0.2, 0.25) is 0 Å². The van der Waals surface area contributed by atoms with Crippen molar-refractivity contribution in [1.82, 2.24) is 19.9 Å². The van der Waals surface area contributed by atoms with Crippen molar-refractivity contribution in [3.63, 3.8) is 0 Å². The molecule has 0 spiro atoms. The lowest BCUT2D eigenvalue weighted by molar-refractivity contribution is 0.208. The number of likely N-dealkylation sites (tertiary alicyclic amines) is 1. The number of rotatable bonds is 5. The molecular weight excluding hydrogens is 377 g/mol. The lowest BCUT2D eigenvalue weighted by atomic mass is 10.0. The fourth-order valence-corrected chi connectivity index (χ4v) is 5.02. The fraction of sp³-hybridized carbons (Fsp3) is 0.417. The topological polar surface area (TPSA) is 37.2 Å². The van der Waals surface area contributed by atoms with Gasteiger partial charge in [-0.15, -0.1) is 5.10 Å². The van der Waals surface area contributed by atoms with E-state index in [0.717, 1.165) is 38.2 Å². The van der Waals surface area contributed by atoms with Crippen molar-refractivity contribution >= 4 is 5.69 Å². The molecule has 1 saturated heterocycles. The van der Waals surface area contributed by atoms with E-state index in [9.17, 15) is 4.39 Å². The van der Waals surface area contributed by atoms with E-state index in [-0.39, 0.29) is 5.82 Å². The van der Waals surface area contributed by atoms with E-state index in [1.165, 1.54) is 29.7 Å². The molecule has 0 radical (unpaired) electrons. The van der Waals surface area contributed by atoms with Gasteiger partial charge in [0.15, 0.2) is 0 Å². The van der Waals surface area contributed by atoms with Crippen LogP contribution in [0.1, 0.15) is 30.9 Å². The van der Waals surface area contributed by atoms with E-state index in [2.05, 4.69) is 45.2 Å². The summed E-state index contributed by atoms with van der Waals surface area (Å²) in [6, 6.07) is 14.7. The quantitative estimate of drug-likeness (QED) is 0.646. The van der Waals surface area contributed by atoms with Crippen LogP contribution >= 0.6 is 0 Å². The Morgan fingerprint density at radius 3 is 2.60 bits per heavy atom. The van der Waals surface area contributed by atoms with Crippen LogP contribution in [0.4, 0.5) is 10.1 Å². The molecule has 6 heteroatoms. The van der Waals surface area contributed by atoms with Crippen LogP contribution in [0.15, 0.2) is 54.9 Å². The highest BCUT2D eigenvalue weighted by molar-refractivity contribution is 5.64. The van der Waals surface area contributed by atoms with Crippen molar-refractivity contribution in [3.8, 4) is 5.69 Å². The number of aromatic nitrogens is 3. The number of nitrogens with zero attached hydrogens (tertiary/aromatic N) is 5. The summed E-state index contributed by atoms with van der Waals surface area (Å²) in [7, 11) is 0. The van der Waals surface area contributed by atoms with E-state index in [1.54, 1.807) is 18.3 Å². The zero-order chi connectivity index (χ0) is 20.5. The second-order valence-electron chi connectivity index (χ2n) is 8.57. The van der Waals surface area contributed by atoms with Gasteiger partial charge in [-0.25, -0.2) is 9.07 Å². The molecule has 2 aliphatic heterocycles. The molecule has 1 unspecified atom stereocenters. The van der Waals surface area contributed by atoms with Crippen LogP contribution in [0.5, 0.6) is 0 Å². The van der Waals surface area contributed by atoms with E-state index in [4.69, 9.17) is 0 Å². The molecule has 0 saturated carbocycles. The highest BCUT2D eigenvalue weighted by Gasteiger charge is 2.33. The van der Waals surface area contributed by atoms with E-state index < -0.39 is 0 Å². The maximum Gasteiger partial charge on any atom is 0.123 e. The van der Waals surface area contributed by atoms with Crippen molar-refractivity contribution in [2.45, 2.75) is 44.7 Å². The Morgan fingerprint density at radius 1 is 1.07 bits per heavy atom. The zero-order valence-electron chi connectivity index (χ0n) is 17.4. The van der Waals surface area contributed by atoms with Gasteiger partial charge in [-0.05, 0) is 68.0 Å². The molecule has 1 atom stereocenters. The lowest BCUT2D eigenvalue weighted by Crippen LogP contribution is -2.47. The average molecular weight is 406 g/mol. The van der Waals surface area contributed by atoms with Crippen molar-refractivity contribution in [1.29, 1.82) is 0 Å². The molecule has 0 amide bonds. The lowest BCUT2D eigenvalue weighted by Gasteiger charge is -2.40. The second-order valence-corrected chi connectivity index (χ2v) is 8.57. The first kappa shape index (κ1) is 19.2. The van der Waals surface area contributed by atoms with Gasteiger partial charge in [0.1, 0.15) is 5.82 Å². The Kier molecular flexibility index (Phi) is 5.25. The zero-order valence-corrected chi connectivity index (χ0v) is 17.4. The fourth-order valence-electron chi connectivity index (χ4n) is 5.02. The molecule has 1 fully saturated rings. The highest BCUT2D eigenvalue weighted by Crippen LogP contribution is 2.37. The summed E-state index contributed by atoms with van der Waals surface area (Å²) in [5.74, 6) is -0.161. The van der Waals surface area contributed by atoms with E-state index >= 15 is 0 Å². The van der Waals surface area contributed by atoms with Gasteiger partial charge in [0.05, 0.1) is 18.1 Å². The predicted molar refractivity (Wildman–Crippen MR) is 117 cm³/mol. The largest absolute Gasteiger partial charge is 0.365 e. The van der Waals surface area contributed by atoms with Crippen LogP contribution in [0, 0.1) is 5.82 Å². The van der Waals surface area contributed by atoms with Crippen molar-refractivity contribution in [2.24, 2.45) is 0 Å². The molecule has 156 valence electrons. The standard InChI is InChI=1S/C24H28FN5/c1-18-16-20-4-7-23(29-15-11-26-27-29)17-24(20)30(18)22-9-13-28(14-10-22)12-8-19-2-5-21(25)6-3-19/h2-7,11,15,17-18,22H,8-10,12-14,16H2,1H3. The number of halogens is 1. The Morgan fingerprint density at radius 2 is 1.87 bits per heavy atom. The van der Waals surface area contributed by atoms with E-state index in [0.29, 0.717) is 12.1 Å². The molecule has 5 nitrogen and oxygen atoms in total. The van der Waals surface area contributed by atoms with Crippen molar-refractivity contribution < 1.29 is 4.39 Å². The summed E-state index contributed by atoms with van der Waals surface area (Å²) in [6.45, 7) is 5.62. The number of benzene rings is 2. The summed E-state index contributed by atoms with van der Waals surface area (Å²) < 4.78 is 14.9. The Bertz CT molecular complexity index is 977. The maximum atomic E-state index is 13.1. The van der Waals surface area contributed by atoms with Gasteiger partial charge in [-0.2, -0.15) is 0 Å². The smallest absolute Gasteiger partial charge is 0.123 e. The molecule has 3 aromatic rings. The van der Waals surface area contributed by atoms with Crippen LogP contribution < -0.4 is 4.90 Å². The molecular formula is C24H28FN5. The number of piperidine rings is 1. The predicted octanol–water partition coefficient (Wildman–Crippen LogP) is 3.86. The summed E-state index contributed by atoms with van der Waals surface area (Å²) in [5, 5.41) is 8.09. The molecule has 0 bridgehead atoms. The van der Waals surface area contributed by atoms with Gasteiger partial charge in [-0.1, -0.05) is 23.4 Å². The molecule has 2 aromatic carbocycles. The highest BCUT2D eigenvalue weighted by atomic mass is 19.1.